The number of carbonyl (C=O) groups excluding carboxylic acids is 4. The molecule has 6 unspecified atom stereocenters. The number of aromatic nitrogens is 1. The molecule has 1 aromatic heterocycles. The van der Waals surface area contributed by atoms with Crippen molar-refractivity contribution in [3.8, 4) is 5.75 Å². The molecule has 6 atom stereocenters. The molecule has 3 fully saturated rings. The highest BCUT2D eigenvalue weighted by Gasteiger charge is 2.70. The van der Waals surface area contributed by atoms with Crippen LogP contribution in [0.4, 0.5) is 24.7 Å². The normalized spacial score (nSPS) is 26.4. The lowest BCUT2D eigenvalue weighted by Crippen LogP contribution is -2.53. The zero-order valence-corrected chi connectivity index (χ0v) is 30.3. The lowest BCUT2D eigenvalue weighted by atomic mass is 9.49. The number of phenols is 1. The number of rotatable bonds is 5. The number of hydrazine groups is 1. The number of pyridine rings is 1. The average molecular weight is 796 g/mol. The zero-order chi connectivity index (χ0) is 38.4. The number of carbonyl (C=O) groups is 4. The number of aryl methyl sites for hydroxylation is 1. The minimum atomic E-state index is -4.75. The minimum Gasteiger partial charge on any atom is -0.508 e. The SMILES string of the molecule is Cc1ccc(N2C(=O)C3CC=C4C(CC5C(=O)N(Nc6ncc(C(F)(F)F)cc6Cl)C(=O)C5(c5ccc(Cl)cc5)C4c4ccc(O)cc4)C3C2=O)cc1Cl. The number of hydrogen-bond donors (Lipinski definition) is 2. The molecule has 0 spiro atoms. The van der Waals surface area contributed by atoms with E-state index in [9.17, 15) is 32.7 Å². The third-order valence-electron chi connectivity index (χ3n) is 11.2. The van der Waals surface area contributed by atoms with E-state index in [2.05, 4.69) is 10.4 Å². The van der Waals surface area contributed by atoms with Gasteiger partial charge in [-0.15, -0.1) is 0 Å². The highest BCUT2D eigenvalue weighted by Crippen LogP contribution is 2.64. The van der Waals surface area contributed by atoms with Gasteiger partial charge in [-0.05, 0) is 84.8 Å². The van der Waals surface area contributed by atoms with Gasteiger partial charge in [-0.1, -0.05) is 76.8 Å². The summed E-state index contributed by atoms with van der Waals surface area (Å²) in [7, 11) is 0. The van der Waals surface area contributed by atoms with Crippen LogP contribution in [-0.4, -0.2) is 38.7 Å². The Balaban J connectivity index is 1.29. The number of anilines is 2. The van der Waals surface area contributed by atoms with E-state index >= 15 is 4.79 Å². The van der Waals surface area contributed by atoms with E-state index < -0.39 is 75.4 Å². The largest absolute Gasteiger partial charge is 0.508 e. The first-order chi connectivity index (χ1) is 25.6. The number of alkyl halides is 3. The Morgan fingerprint density at radius 2 is 1.57 bits per heavy atom. The van der Waals surface area contributed by atoms with Crippen LogP contribution in [0.25, 0.3) is 0 Å². The van der Waals surface area contributed by atoms with Gasteiger partial charge in [0.1, 0.15) is 5.75 Å². The number of hydrogen-bond acceptors (Lipinski definition) is 7. The van der Waals surface area contributed by atoms with Gasteiger partial charge in [0, 0.05) is 22.2 Å². The molecule has 8 rings (SSSR count). The Hall–Kier alpha value is -4.91. The van der Waals surface area contributed by atoms with Gasteiger partial charge in [0.15, 0.2) is 5.82 Å². The van der Waals surface area contributed by atoms with Crippen LogP contribution in [0.3, 0.4) is 0 Å². The summed E-state index contributed by atoms with van der Waals surface area (Å²) in [6, 6.07) is 18.2. The number of fused-ring (bicyclic) bond motifs is 4. The van der Waals surface area contributed by atoms with Crippen LogP contribution < -0.4 is 10.3 Å². The minimum absolute atomic E-state index is 0.0390. The van der Waals surface area contributed by atoms with Crippen molar-refractivity contribution >= 4 is 69.9 Å². The van der Waals surface area contributed by atoms with Crippen molar-refractivity contribution in [3.05, 3.63) is 128 Å². The average Bonchev–Trinajstić information content (AvgIpc) is 3.51. The molecular formula is C39H28Cl3F3N4O5. The van der Waals surface area contributed by atoms with Gasteiger partial charge in [0.2, 0.25) is 11.8 Å². The van der Waals surface area contributed by atoms with Crippen molar-refractivity contribution in [1.82, 2.24) is 9.99 Å². The van der Waals surface area contributed by atoms with Crippen molar-refractivity contribution in [2.45, 2.75) is 37.3 Å². The zero-order valence-electron chi connectivity index (χ0n) is 28.1. The summed E-state index contributed by atoms with van der Waals surface area (Å²) in [4.78, 5) is 63.4. The van der Waals surface area contributed by atoms with Crippen molar-refractivity contribution in [2.75, 3.05) is 10.3 Å². The van der Waals surface area contributed by atoms with Crippen molar-refractivity contribution in [3.63, 3.8) is 0 Å². The first-order valence-corrected chi connectivity index (χ1v) is 18.0. The number of nitrogens with one attached hydrogen (secondary N) is 1. The molecule has 2 aliphatic carbocycles. The number of halogens is 6. The lowest BCUT2D eigenvalue weighted by Gasteiger charge is -2.50. The maximum atomic E-state index is 15.2. The van der Waals surface area contributed by atoms with Crippen LogP contribution >= 0.6 is 34.8 Å². The fourth-order valence-electron chi connectivity index (χ4n) is 8.80. The summed E-state index contributed by atoms with van der Waals surface area (Å²) in [5, 5.41) is 11.3. The lowest BCUT2D eigenvalue weighted by molar-refractivity contribution is -0.139. The molecule has 3 aromatic carbocycles. The third kappa shape index (κ3) is 5.40. The molecule has 276 valence electrons. The smallest absolute Gasteiger partial charge is 0.417 e. The standard InChI is InChI=1S/C39H28Cl3F3N4O5/c1-18-2-9-23(15-29(18)41)48-34(51)26-13-12-25-27(31(26)36(48)53)16-28-35(52)49(47-33-30(42)14-21(17-46-33)39(43,44)45)37(54)38(28,20-5-7-22(40)8-6-20)32(25)19-3-10-24(50)11-4-19/h2-12,14-15,17,26-28,31-32,50H,13,16H2,1H3,(H,46,47). The van der Waals surface area contributed by atoms with Crippen molar-refractivity contribution < 1.29 is 37.5 Å². The summed E-state index contributed by atoms with van der Waals surface area (Å²) in [5.74, 6) is -7.21. The summed E-state index contributed by atoms with van der Waals surface area (Å²) in [6.07, 6.45) is -2.21. The van der Waals surface area contributed by atoms with Gasteiger partial charge >= 0.3 is 6.18 Å². The monoisotopic (exact) mass is 794 g/mol. The molecule has 3 heterocycles. The molecule has 4 aliphatic rings. The fourth-order valence-corrected chi connectivity index (χ4v) is 9.31. The second kappa shape index (κ2) is 12.9. The second-order valence-corrected chi connectivity index (χ2v) is 15.2. The summed E-state index contributed by atoms with van der Waals surface area (Å²) in [5.41, 5.74) is 2.48. The van der Waals surface area contributed by atoms with Crippen molar-refractivity contribution in [1.29, 1.82) is 0 Å². The maximum Gasteiger partial charge on any atom is 0.417 e. The molecular weight excluding hydrogens is 768 g/mol. The molecule has 2 N–H and O–H groups in total. The third-order valence-corrected chi connectivity index (χ3v) is 12.1. The summed E-state index contributed by atoms with van der Waals surface area (Å²) >= 11 is 19.0. The molecule has 2 saturated heterocycles. The van der Waals surface area contributed by atoms with Crippen molar-refractivity contribution in [2.24, 2.45) is 23.7 Å². The van der Waals surface area contributed by atoms with E-state index in [1.807, 2.05) is 6.08 Å². The number of phenolic OH excluding ortho intramolecular Hbond substituents is 1. The van der Waals surface area contributed by atoms with Crippen LogP contribution in [0, 0.1) is 30.6 Å². The number of allylic oxidation sites excluding steroid dienone is 2. The molecule has 15 heteroatoms. The number of aromatic hydroxyl groups is 1. The van der Waals surface area contributed by atoms with Crippen LogP contribution in [0.2, 0.25) is 15.1 Å². The van der Waals surface area contributed by atoms with Gasteiger partial charge < -0.3 is 5.11 Å². The first-order valence-electron chi connectivity index (χ1n) is 16.9. The number of amides is 4. The number of nitrogens with zero attached hydrogens (tertiary/aromatic N) is 3. The number of benzene rings is 3. The Labute approximate surface area is 321 Å². The van der Waals surface area contributed by atoms with E-state index in [0.29, 0.717) is 44.7 Å². The summed E-state index contributed by atoms with van der Waals surface area (Å²) in [6.45, 7) is 1.80. The van der Waals surface area contributed by atoms with Gasteiger partial charge in [0.25, 0.3) is 11.8 Å². The van der Waals surface area contributed by atoms with Gasteiger partial charge in [-0.25, -0.2) is 9.88 Å². The van der Waals surface area contributed by atoms with E-state index in [-0.39, 0.29) is 24.4 Å². The van der Waals surface area contributed by atoms with Crippen LogP contribution in [-0.2, 0) is 30.8 Å². The quantitative estimate of drug-likeness (QED) is 0.154. The number of imide groups is 2. The van der Waals surface area contributed by atoms with E-state index in [1.54, 1.807) is 61.5 Å². The van der Waals surface area contributed by atoms with Gasteiger partial charge in [0.05, 0.1) is 39.4 Å². The predicted octanol–water partition coefficient (Wildman–Crippen LogP) is 8.26. The Morgan fingerprint density at radius 1 is 0.870 bits per heavy atom. The maximum absolute atomic E-state index is 15.2. The topological polar surface area (TPSA) is 120 Å². The molecule has 9 nitrogen and oxygen atoms in total. The Kier molecular flexibility index (Phi) is 8.59. The Bertz CT molecular complexity index is 2300. The first kappa shape index (κ1) is 36.1. The van der Waals surface area contributed by atoms with Crippen LogP contribution in [0.5, 0.6) is 5.75 Å². The molecule has 1 saturated carbocycles. The molecule has 0 bridgehead atoms. The van der Waals surface area contributed by atoms with Gasteiger partial charge in [-0.2, -0.15) is 18.2 Å². The predicted molar refractivity (Wildman–Crippen MR) is 194 cm³/mol. The second-order valence-electron chi connectivity index (χ2n) is 14.0. The molecule has 4 aromatic rings. The molecule has 4 amide bonds. The summed E-state index contributed by atoms with van der Waals surface area (Å²) < 4.78 is 40.3. The van der Waals surface area contributed by atoms with Crippen LogP contribution in [0.15, 0.2) is 90.6 Å². The highest BCUT2D eigenvalue weighted by molar-refractivity contribution is 6.33. The molecule has 2 aliphatic heterocycles. The highest BCUT2D eigenvalue weighted by atomic mass is 35.5. The molecule has 54 heavy (non-hydrogen) atoms. The Morgan fingerprint density at radius 3 is 2.22 bits per heavy atom. The van der Waals surface area contributed by atoms with Gasteiger partial charge in [-0.3, -0.25) is 24.6 Å². The van der Waals surface area contributed by atoms with Crippen LogP contribution in [0.1, 0.15) is 41.0 Å². The van der Waals surface area contributed by atoms with E-state index in [1.165, 1.54) is 12.1 Å². The fraction of sp³-hybridized carbons (Fsp3) is 0.256. The van der Waals surface area contributed by atoms with E-state index in [0.717, 1.165) is 15.5 Å². The van der Waals surface area contributed by atoms with E-state index in [4.69, 9.17) is 34.8 Å². The molecule has 0 radical (unpaired) electrons.